The second kappa shape index (κ2) is 8.19. The van der Waals surface area contributed by atoms with Crippen LogP contribution in [-0.2, 0) is 4.74 Å². The number of esters is 1. The number of carbonyl (C=O) groups excluding carboxylic acids is 1. The van der Waals surface area contributed by atoms with Gasteiger partial charge in [0.2, 0.25) is 0 Å². The van der Waals surface area contributed by atoms with Gasteiger partial charge in [0.25, 0.3) is 0 Å². The first-order valence-electron chi connectivity index (χ1n) is 9.65. The van der Waals surface area contributed by atoms with E-state index in [2.05, 4.69) is 72.9 Å². The molecule has 0 unspecified atom stereocenters. The largest absolute Gasteiger partial charge is 0.465 e. The van der Waals surface area contributed by atoms with Crippen LogP contribution in [-0.4, -0.2) is 19.6 Å². The number of anilines is 1. The van der Waals surface area contributed by atoms with E-state index in [9.17, 15) is 4.79 Å². The normalized spacial score (nSPS) is 11.6. The summed E-state index contributed by atoms with van der Waals surface area (Å²) in [5.74, 6) is -0.317. The van der Waals surface area contributed by atoms with E-state index in [-0.39, 0.29) is 5.97 Å². The lowest BCUT2D eigenvalue weighted by Crippen LogP contribution is -2.03. The van der Waals surface area contributed by atoms with Gasteiger partial charge in [0.05, 0.1) is 12.7 Å². The Labute approximate surface area is 170 Å². The Morgan fingerprint density at radius 3 is 2.31 bits per heavy atom. The molecule has 0 aliphatic rings. The van der Waals surface area contributed by atoms with E-state index < -0.39 is 0 Å². The molecule has 4 aromatic rings. The van der Waals surface area contributed by atoms with Crippen LogP contribution in [0.3, 0.4) is 0 Å². The van der Waals surface area contributed by atoms with Crippen molar-refractivity contribution in [3.05, 3.63) is 95.6 Å². The van der Waals surface area contributed by atoms with Crippen molar-refractivity contribution < 1.29 is 9.53 Å². The monoisotopic (exact) mass is 381 g/mol. The highest BCUT2D eigenvalue weighted by molar-refractivity contribution is 6.03. The van der Waals surface area contributed by atoms with Crippen LogP contribution in [0.25, 0.3) is 27.6 Å². The average molecular weight is 381 g/mol. The smallest absolute Gasteiger partial charge is 0.337 e. The molecule has 0 spiro atoms. The van der Waals surface area contributed by atoms with Crippen molar-refractivity contribution in [2.45, 2.75) is 6.92 Å². The predicted molar refractivity (Wildman–Crippen MR) is 121 cm³/mol. The zero-order valence-electron chi connectivity index (χ0n) is 16.6. The summed E-state index contributed by atoms with van der Waals surface area (Å²) < 4.78 is 4.74. The summed E-state index contributed by atoms with van der Waals surface area (Å²) in [5.41, 5.74) is 3.94. The van der Waals surface area contributed by atoms with Gasteiger partial charge in [-0.15, -0.1) is 0 Å². The Morgan fingerprint density at radius 2 is 1.59 bits per heavy atom. The lowest BCUT2D eigenvalue weighted by molar-refractivity contribution is 0.0600. The number of hydrogen-bond acceptors (Lipinski definition) is 3. The van der Waals surface area contributed by atoms with Crippen LogP contribution in [0.15, 0.2) is 84.4 Å². The highest BCUT2D eigenvalue weighted by Gasteiger charge is 2.05. The zero-order chi connectivity index (χ0) is 20.2. The third-order valence-corrected chi connectivity index (χ3v) is 5.05. The van der Waals surface area contributed by atoms with Crippen molar-refractivity contribution in [3.63, 3.8) is 0 Å². The van der Waals surface area contributed by atoms with Crippen molar-refractivity contribution in [1.82, 2.24) is 0 Å². The maximum absolute atomic E-state index is 11.5. The molecule has 0 aliphatic carbocycles. The number of fused-ring (bicyclic) bond motifs is 2. The fourth-order valence-electron chi connectivity index (χ4n) is 3.52. The van der Waals surface area contributed by atoms with Gasteiger partial charge in [0.15, 0.2) is 0 Å². The molecule has 0 heterocycles. The van der Waals surface area contributed by atoms with E-state index >= 15 is 0 Å². The van der Waals surface area contributed by atoms with Gasteiger partial charge in [0, 0.05) is 17.6 Å². The maximum Gasteiger partial charge on any atom is 0.337 e. The highest BCUT2D eigenvalue weighted by Crippen LogP contribution is 2.28. The number of benzene rings is 4. The molecule has 0 bridgehead atoms. The summed E-state index contributed by atoms with van der Waals surface area (Å²) in [7, 11) is 1.39. The molecule has 4 rings (SSSR count). The fourth-order valence-corrected chi connectivity index (χ4v) is 3.52. The lowest BCUT2D eigenvalue weighted by atomic mass is 10.0. The Kier molecular flexibility index (Phi) is 5.30. The van der Waals surface area contributed by atoms with Gasteiger partial charge < -0.3 is 10.1 Å². The van der Waals surface area contributed by atoms with Gasteiger partial charge in [-0.05, 0) is 59.0 Å². The second-order valence-electron chi connectivity index (χ2n) is 7.18. The number of rotatable bonds is 5. The Morgan fingerprint density at radius 1 is 0.897 bits per heavy atom. The van der Waals surface area contributed by atoms with E-state index in [1.54, 1.807) is 12.1 Å². The van der Waals surface area contributed by atoms with E-state index in [1.165, 1.54) is 34.2 Å². The van der Waals surface area contributed by atoms with Crippen molar-refractivity contribution in [1.29, 1.82) is 0 Å². The van der Waals surface area contributed by atoms with E-state index in [0.29, 0.717) is 5.56 Å². The van der Waals surface area contributed by atoms with Gasteiger partial charge in [-0.2, -0.15) is 0 Å². The molecular formula is C26H23NO2. The summed E-state index contributed by atoms with van der Waals surface area (Å²) in [6.07, 6.45) is 2.12. The number of hydrogen-bond donors (Lipinski definition) is 1. The predicted octanol–water partition coefficient (Wildman–Crippen LogP) is 6.30. The summed E-state index contributed by atoms with van der Waals surface area (Å²) in [6, 6.07) is 26.7. The zero-order valence-corrected chi connectivity index (χ0v) is 16.6. The first-order valence-corrected chi connectivity index (χ1v) is 9.65. The number of nitrogens with one attached hydrogen (secondary N) is 1. The molecule has 1 N–H and O–H groups in total. The molecule has 0 radical (unpaired) electrons. The van der Waals surface area contributed by atoms with Crippen LogP contribution in [0.2, 0.25) is 0 Å². The molecule has 3 heteroatoms. The minimum absolute atomic E-state index is 0.317. The molecule has 0 saturated carbocycles. The number of ether oxygens (including phenoxy) is 1. The van der Waals surface area contributed by atoms with Gasteiger partial charge in [-0.1, -0.05) is 60.2 Å². The van der Waals surface area contributed by atoms with Gasteiger partial charge >= 0.3 is 5.97 Å². The maximum atomic E-state index is 11.5. The molecular weight excluding hydrogens is 358 g/mol. The first kappa shape index (κ1) is 18.8. The summed E-state index contributed by atoms with van der Waals surface area (Å²) in [5, 5.41) is 8.52. The van der Waals surface area contributed by atoms with Crippen LogP contribution >= 0.6 is 0 Å². The van der Waals surface area contributed by atoms with Crippen LogP contribution in [0.4, 0.5) is 5.69 Å². The molecule has 0 amide bonds. The third kappa shape index (κ3) is 4.14. The summed E-state index contributed by atoms with van der Waals surface area (Å²) in [4.78, 5) is 11.5. The first-order chi connectivity index (χ1) is 14.1. The van der Waals surface area contributed by atoms with Crippen molar-refractivity contribution in [2.75, 3.05) is 19.0 Å². The quantitative estimate of drug-likeness (QED) is 0.326. The second-order valence-corrected chi connectivity index (χ2v) is 7.18. The van der Waals surface area contributed by atoms with E-state index in [1.807, 2.05) is 12.1 Å². The minimum atomic E-state index is -0.317. The van der Waals surface area contributed by atoms with Crippen LogP contribution in [0, 0.1) is 0 Å². The van der Waals surface area contributed by atoms with Crippen LogP contribution in [0.1, 0.15) is 22.8 Å². The minimum Gasteiger partial charge on any atom is -0.465 e. The SMILES string of the molecule is COC(=O)c1ccc(/C=C(\C)CNc2cccc3cc4ccccc4cc23)cc1. The number of carbonyl (C=O) groups is 1. The molecule has 0 aliphatic heterocycles. The third-order valence-electron chi connectivity index (χ3n) is 5.05. The Hall–Kier alpha value is -3.59. The molecule has 0 aromatic heterocycles. The van der Waals surface area contributed by atoms with Crippen LogP contribution in [0.5, 0.6) is 0 Å². The number of methoxy groups -OCH3 is 1. The Balaban J connectivity index is 1.53. The standard InChI is InChI=1S/C26H23NO2/c1-18(14-19-10-12-20(13-11-19)26(28)29-2)17-27-25-9-5-8-23-15-21-6-3-4-7-22(21)16-24(23)25/h3-16,27H,17H2,1-2H3/b18-14+. The van der Waals surface area contributed by atoms with Gasteiger partial charge in [-0.3, -0.25) is 0 Å². The molecule has 144 valence electrons. The highest BCUT2D eigenvalue weighted by atomic mass is 16.5. The Bertz CT molecular complexity index is 1210. The molecule has 29 heavy (non-hydrogen) atoms. The molecule has 0 atom stereocenters. The van der Waals surface area contributed by atoms with Gasteiger partial charge in [-0.25, -0.2) is 4.79 Å². The molecule has 4 aromatic carbocycles. The van der Waals surface area contributed by atoms with Crippen molar-refractivity contribution in [2.24, 2.45) is 0 Å². The fraction of sp³-hybridized carbons (Fsp3) is 0.115. The van der Waals surface area contributed by atoms with Crippen molar-refractivity contribution in [3.8, 4) is 0 Å². The molecule has 0 saturated heterocycles. The van der Waals surface area contributed by atoms with Gasteiger partial charge in [0.1, 0.15) is 0 Å². The van der Waals surface area contributed by atoms with Crippen molar-refractivity contribution >= 4 is 39.3 Å². The van der Waals surface area contributed by atoms with Crippen LogP contribution < -0.4 is 5.32 Å². The molecule has 0 fully saturated rings. The topological polar surface area (TPSA) is 38.3 Å². The summed E-state index contributed by atoms with van der Waals surface area (Å²) >= 11 is 0. The van der Waals surface area contributed by atoms with E-state index in [0.717, 1.165) is 17.8 Å². The molecule has 3 nitrogen and oxygen atoms in total. The lowest BCUT2D eigenvalue weighted by Gasteiger charge is -2.11. The summed E-state index contributed by atoms with van der Waals surface area (Å²) in [6.45, 7) is 2.84. The van der Waals surface area contributed by atoms with E-state index in [4.69, 9.17) is 4.74 Å². The average Bonchev–Trinajstić information content (AvgIpc) is 2.76.